The van der Waals surface area contributed by atoms with Gasteiger partial charge in [-0.1, -0.05) is 6.08 Å². The van der Waals surface area contributed by atoms with Crippen molar-refractivity contribution in [3.63, 3.8) is 0 Å². The molecule has 1 heteroatoms. The zero-order valence-corrected chi connectivity index (χ0v) is 5.38. The Morgan fingerprint density at radius 3 is 2.89 bits per heavy atom. The van der Waals surface area contributed by atoms with Crippen molar-refractivity contribution in [3.05, 3.63) is 24.4 Å². The first-order valence-electron chi connectivity index (χ1n) is 3.47. The third-order valence-corrected chi connectivity index (χ3v) is 1.80. The highest BCUT2D eigenvalue weighted by molar-refractivity contribution is 5.06. The van der Waals surface area contributed by atoms with Gasteiger partial charge in [0.25, 0.3) is 0 Å². The highest BCUT2D eigenvalue weighted by Crippen LogP contribution is 2.27. The van der Waals surface area contributed by atoms with Gasteiger partial charge in [-0.2, -0.15) is 0 Å². The molecule has 0 amide bonds. The lowest BCUT2D eigenvalue weighted by molar-refractivity contribution is 0.401. The number of rotatable bonds is 1. The normalized spacial score (nSPS) is 25.1. The average Bonchev–Trinajstić information content (AvgIpc) is 2.71. The first-order chi connectivity index (χ1) is 4.47. The molecule has 1 saturated carbocycles. The first kappa shape index (κ1) is 5.10. The number of nitrogens with zero attached hydrogens (tertiary/aromatic N) is 1. The van der Waals surface area contributed by atoms with E-state index in [2.05, 4.69) is 23.3 Å². The van der Waals surface area contributed by atoms with Crippen LogP contribution >= 0.6 is 0 Å². The summed E-state index contributed by atoms with van der Waals surface area (Å²) in [6.07, 6.45) is 12.0. The fraction of sp³-hybridized carbons (Fsp3) is 0.500. The Labute approximate surface area is 55.7 Å². The lowest BCUT2D eigenvalue weighted by Gasteiger charge is -2.18. The van der Waals surface area contributed by atoms with E-state index < -0.39 is 0 Å². The Bertz CT molecular complexity index is 154. The van der Waals surface area contributed by atoms with Gasteiger partial charge >= 0.3 is 0 Å². The molecule has 0 saturated heterocycles. The molecule has 0 aromatic heterocycles. The summed E-state index contributed by atoms with van der Waals surface area (Å²) in [5, 5.41) is 0. The van der Waals surface area contributed by atoms with Gasteiger partial charge in [-0.05, 0) is 25.0 Å². The van der Waals surface area contributed by atoms with Crippen LogP contribution in [0.2, 0.25) is 0 Å². The van der Waals surface area contributed by atoms with Crippen LogP contribution in [-0.4, -0.2) is 17.5 Å². The van der Waals surface area contributed by atoms with Gasteiger partial charge in [0.05, 0.1) is 0 Å². The van der Waals surface area contributed by atoms with Crippen LogP contribution in [0.15, 0.2) is 18.4 Å². The van der Waals surface area contributed by atoms with E-state index in [1.54, 1.807) is 0 Å². The van der Waals surface area contributed by atoms with E-state index in [4.69, 9.17) is 0 Å². The fourth-order valence-corrected chi connectivity index (χ4v) is 1.10. The summed E-state index contributed by atoms with van der Waals surface area (Å²) in [6, 6.07) is 0.861. The zero-order chi connectivity index (χ0) is 6.10. The number of hydrogen-bond donors (Lipinski definition) is 0. The van der Waals surface area contributed by atoms with Crippen molar-refractivity contribution in [3.8, 4) is 0 Å². The van der Waals surface area contributed by atoms with Gasteiger partial charge in [-0.15, -0.1) is 0 Å². The lowest BCUT2D eigenvalue weighted by Crippen LogP contribution is -2.20. The van der Waals surface area contributed by atoms with Crippen LogP contribution in [0, 0.1) is 6.08 Å². The molecule has 2 rings (SSSR count). The van der Waals surface area contributed by atoms with Gasteiger partial charge in [-0.25, -0.2) is 0 Å². The minimum absolute atomic E-state index is 0.861. The number of allylic oxidation sites excluding steroid dienone is 2. The Kier molecular flexibility index (Phi) is 1.08. The van der Waals surface area contributed by atoms with Crippen LogP contribution in [0.3, 0.4) is 0 Å². The highest BCUT2D eigenvalue weighted by atomic mass is 15.2. The van der Waals surface area contributed by atoms with Crippen LogP contribution in [-0.2, 0) is 0 Å². The molecule has 0 N–H and O–H groups in total. The van der Waals surface area contributed by atoms with Crippen molar-refractivity contribution in [2.75, 3.05) is 6.54 Å². The lowest BCUT2D eigenvalue weighted by atomic mass is 10.3. The van der Waals surface area contributed by atoms with E-state index in [-0.39, 0.29) is 0 Å². The second kappa shape index (κ2) is 1.90. The molecule has 2 aliphatic rings. The van der Waals surface area contributed by atoms with Gasteiger partial charge in [0.2, 0.25) is 0 Å². The minimum Gasteiger partial charge on any atom is -0.371 e. The molecule has 9 heavy (non-hydrogen) atoms. The summed E-state index contributed by atoms with van der Waals surface area (Å²) in [5.74, 6) is 0. The third kappa shape index (κ3) is 0.995. The molecule has 0 unspecified atom stereocenters. The maximum absolute atomic E-state index is 3.05. The van der Waals surface area contributed by atoms with Crippen LogP contribution in [0.25, 0.3) is 0 Å². The maximum atomic E-state index is 3.05. The fourth-order valence-electron chi connectivity index (χ4n) is 1.10. The van der Waals surface area contributed by atoms with Gasteiger partial charge < -0.3 is 4.90 Å². The summed E-state index contributed by atoms with van der Waals surface area (Å²) in [7, 11) is 0. The second-order valence-corrected chi connectivity index (χ2v) is 2.61. The Hall–Kier alpha value is -0.720. The molecule has 0 spiro atoms. The van der Waals surface area contributed by atoms with E-state index in [9.17, 15) is 0 Å². The van der Waals surface area contributed by atoms with Crippen molar-refractivity contribution >= 4 is 0 Å². The Morgan fingerprint density at radius 2 is 2.33 bits per heavy atom. The summed E-state index contributed by atoms with van der Waals surface area (Å²) in [4.78, 5) is 2.37. The molecule has 0 aromatic rings. The van der Waals surface area contributed by atoms with Crippen LogP contribution in [0.5, 0.6) is 0 Å². The minimum atomic E-state index is 0.861. The van der Waals surface area contributed by atoms with Gasteiger partial charge in [0.15, 0.2) is 0 Å². The molecule has 0 aromatic carbocycles. The predicted molar refractivity (Wildman–Crippen MR) is 36.7 cm³/mol. The molecular weight excluding hydrogens is 110 g/mol. The standard InChI is InChI=1S/C8H10N/c1-2-6-9(7-3-1)8-4-5-8/h2-3,6,8H,4-5,7H2. The van der Waals surface area contributed by atoms with Gasteiger partial charge in [0, 0.05) is 18.8 Å². The predicted octanol–water partition coefficient (Wildman–Crippen LogP) is 1.34. The zero-order valence-electron chi connectivity index (χ0n) is 5.38. The molecule has 1 nitrogen and oxygen atoms in total. The summed E-state index contributed by atoms with van der Waals surface area (Å²) in [6.45, 7) is 1.07. The first-order valence-corrected chi connectivity index (χ1v) is 3.47. The molecule has 1 fully saturated rings. The summed E-state index contributed by atoms with van der Waals surface area (Å²) >= 11 is 0. The molecule has 0 bridgehead atoms. The van der Waals surface area contributed by atoms with E-state index in [1.165, 1.54) is 12.8 Å². The molecule has 47 valence electrons. The van der Waals surface area contributed by atoms with Crippen molar-refractivity contribution in [2.24, 2.45) is 0 Å². The molecular formula is C8H10N. The summed E-state index contributed by atoms with van der Waals surface area (Å²) in [5.41, 5.74) is 0. The SMILES string of the molecule is [C]1=CCN(C2CC2)C=C1. The number of hydrogen-bond acceptors (Lipinski definition) is 1. The van der Waals surface area contributed by atoms with Crippen LogP contribution in [0.1, 0.15) is 12.8 Å². The Balaban J connectivity index is 1.98. The Morgan fingerprint density at radius 1 is 1.44 bits per heavy atom. The molecule has 1 heterocycles. The van der Waals surface area contributed by atoms with Crippen molar-refractivity contribution in [2.45, 2.75) is 18.9 Å². The van der Waals surface area contributed by atoms with Crippen molar-refractivity contribution in [1.82, 2.24) is 4.90 Å². The van der Waals surface area contributed by atoms with Crippen molar-refractivity contribution < 1.29 is 0 Å². The molecule has 1 aliphatic heterocycles. The molecule has 1 aliphatic carbocycles. The van der Waals surface area contributed by atoms with E-state index in [0.29, 0.717) is 0 Å². The smallest absolute Gasteiger partial charge is 0.0366 e. The van der Waals surface area contributed by atoms with E-state index in [1.807, 2.05) is 6.08 Å². The van der Waals surface area contributed by atoms with Crippen LogP contribution < -0.4 is 0 Å². The van der Waals surface area contributed by atoms with E-state index >= 15 is 0 Å². The molecule has 0 atom stereocenters. The summed E-state index contributed by atoms with van der Waals surface area (Å²) < 4.78 is 0. The van der Waals surface area contributed by atoms with E-state index in [0.717, 1.165) is 12.6 Å². The average molecular weight is 120 g/mol. The van der Waals surface area contributed by atoms with Gasteiger partial charge in [-0.3, -0.25) is 0 Å². The van der Waals surface area contributed by atoms with Crippen LogP contribution in [0.4, 0.5) is 0 Å². The monoisotopic (exact) mass is 120 g/mol. The quantitative estimate of drug-likeness (QED) is 0.504. The molecule has 1 radical (unpaired) electrons. The third-order valence-electron chi connectivity index (χ3n) is 1.80. The highest BCUT2D eigenvalue weighted by Gasteiger charge is 2.26. The largest absolute Gasteiger partial charge is 0.371 e. The topological polar surface area (TPSA) is 3.24 Å². The maximum Gasteiger partial charge on any atom is 0.0366 e. The van der Waals surface area contributed by atoms with Crippen molar-refractivity contribution in [1.29, 1.82) is 0 Å². The van der Waals surface area contributed by atoms with Gasteiger partial charge in [0.1, 0.15) is 0 Å². The second-order valence-electron chi connectivity index (χ2n) is 2.61.